The first-order valence-corrected chi connectivity index (χ1v) is 8.54. The van der Waals surface area contributed by atoms with Crippen LogP contribution in [0.1, 0.15) is 17.4 Å². The van der Waals surface area contributed by atoms with Crippen molar-refractivity contribution in [3.63, 3.8) is 0 Å². The third kappa shape index (κ3) is 4.21. The maximum atomic E-state index is 12.8. The largest absolute Gasteiger partial charge is 0.360 e. The van der Waals surface area contributed by atoms with Crippen molar-refractivity contribution >= 4 is 29.2 Å². The van der Waals surface area contributed by atoms with E-state index in [1.165, 1.54) is 4.90 Å². The quantitative estimate of drug-likeness (QED) is 0.730. The molecule has 0 bridgehead atoms. The van der Waals surface area contributed by atoms with Crippen molar-refractivity contribution in [2.75, 3.05) is 25.5 Å². The van der Waals surface area contributed by atoms with Crippen molar-refractivity contribution < 1.29 is 14.1 Å². The Kier molecular flexibility index (Phi) is 5.55. The number of hydrogen-bond donors (Lipinski definition) is 3. The highest BCUT2D eigenvalue weighted by atomic mass is 35.5. The van der Waals surface area contributed by atoms with Crippen LogP contribution in [0, 0.1) is 12.8 Å². The molecule has 0 spiro atoms. The van der Waals surface area contributed by atoms with Gasteiger partial charge in [0.25, 0.3) is 0 Å². The third-order valence-electron chi connectivity index (χ3n) is 4.18. The van der Waals surface area contributed by atoms with E-state index in [1.807, 2.05) is 12.1 Å². The number of nitrogens with one attached hydrogen (secondary N) is 3. The predicted octanol–water partition coefficient (Wildman–Crippen LogP) is 1.50. The minimum Gasteiger partial charge on any atom is -0.360 e. The molecule has 2 aromatic rings. The summed E-state index contributed by atoms with van der Waals surface area (Å²) in [5, 5.41) is 6.95. The Morgan fingerprint density at radius 1 is 1.38 bits per heavy atom. The number of aryl methyl sites for hydroxylation is 1. The lowest BCUT2D eigenvalue weighted by Gasteiger charge is -2.24. The Balaban J connectivity index is 1.61. The summed E-state index contributed by atoms with van der Waals surface area (Å²) in [6.07, 6.45) is 0. The predicted molar refractivity (Wildman–Crippen MR) is 96.3 cm³/mol. The highest BCUT2D eigenvalue weighted by molar-refractivity contribution is 6.30. The molecule has 2 heterocycles. The molecule has 1 aromatic heterocycles. The van der Waals surface area contributed by atoms with Gasteiger partial charge in [-0.3, -0.25) is 15.0 Å². The highest BCUT2D eigenvalue weighted by Crippen LogP contribution is 2.27. The van der Waals surface area contributed by atoms with Crippen LogP contribution in [0.5, 0.6) is 0 Å². The SMILES string of the molecule is Cc1cc(NC(=O)CN(C)C(=O)C2CNNC2c2ccc(Cl)cc2)no1. The van der Waals surface area contributed by atoms with Gasteiger partial charge < -0.3 is 14.7 Å². The fraction of sp³-hybridized carbons (Fsp3) is 0.353. The molecule has 0 aliphatic carbocycles. The molecule has 1 saturated heterocycles. The molecule has 2 atom stereocenters. The number of benzene rings is 1. The van der Waals surface area contributed by atoms with Gasteiger partial charge in [-0.05, 0) is 24.6 Å². The molecule has 1 aromatic carbocycles. The minimum absolute atomic E-state index is 0.0748. The number of hydrazine groups is 1. The Bertz CT molecular complexity index is 792. The summed E-state index contributed by atoms with van der Waals surface area (Å²) < 4.78 is 4.90. The number of nitrogens with zero attached hydrogens (tertiary/aromatic N) is 2. The summed E-state index contributed by atoms with van der Waals surface area (Å²) in [4.78, 5) is 26.3. The maximum absolute atomic E-state index is 12.8. The molecular weight excluding hydrogens is 358 g/mol. The average Bonchev–Trinajstić information content (AvgIpc) is 3.24. The van der Waals surface area contributed by atoms with E-state index in [0.29, 0.717) is 23.1 Å². The molecular formula is C17H20ClN5O3. The molecule has 8 nitrogen and oxygen atoms in total. The number of halogens is 1. The summed E-state index contributed by atoms with van der Waals surface area (Å²) in [5.74, 6) is 0.128. The summed E-state index contributed by atoms with van der Waals surface area (Å²) in [5.41, 5.74) is 7.08. The van der Waals surface area contributed by atoms with Gasteiger partial charge in [-0.1, -0.05) is 28.9 Å². The normalized spacial score (nSPS) is 19.3. The molecule has 9 heteroatoms. The van der Waals surface area contributed by atoms with Gasteiger partial charge in [-0.2, -0.15) is 0 Å². The summed E-state index contributed by atoms with van der Waals surface area (Å²) >= 11 is 5.93. The lowest BCUT2D eigenvalue weighted by atomic mass is 9.94. The first-order chi connectivity index (χ1) is 12.4. The topological polar surface area (TPSA) is 99.5 Å². The maximum Gasteiger partial charge on any atom is 0.245 e. The van der Waals surface area contributed by atoms with Gasteiger partial charge in [0, 0.05) is 24.7 Å². The van der Waals surface area contributed by atoms with Crippen LogP contribution in [0.25, 0.3) is 0 Å². The zero-order valence-electron chi connectivity index (χ0n) is 14.5. The van der Waals surface area contributed by atoms with Crippen LogP contribution >= 0.6 is 11.6 Å². The van der Waals surface area contributed by atoms with Crippen LogP contribution in [0.3, 0.4) is 0 Å². The van der Waals surface area contributed by atoms with E-state index in [-0.39, 0.29) is 30.3 Å². The van der Waals surface area contributed by atoms with Gasteiger partial charge in [0.05, 0.1) is 18.5 Å². The molecule has 138 valence electrons. The van der Waals surface area contributed by atoms with E-state index in [4.69, 9.17) is 16.1 Å². The zero-order chi connectivity index (χ0) is 18.7. The number of carbonyl (C=O) groups is 2. The van der Waals surface area contributed by atoms with E-state index < -0.39 is 0 Å². The number of rotatable bonds is 5. The Hall–Kier alpha value is -2.42. The molecule has 1 fully saturated rings. The second kappa shape index (κ2) is 7.86. The molecule has 2 unspecified atom stereocenters. The Labute approximate surface area is 155 Å². The molecule has 3 N–H and O–H groups in total. The van der Waals surface area contributed by atoms with Gasteiger partial charge >= 0.3 is 0 Å². The standard InChI is InChI=1S/C17H20ClN5O3/c1-10-7-14(22-26-10)20-15(24)9-23(2)17(25)13-8-19-21-16(13)11-3-5-12(18)6-4-11/h3-7,13,16,19,21H,8-9H2,1-2H3,(H,20,22,24). The highest BCUT2D eigenvalue weighted by Gasteiger charge is 2.36. The summed E-state index contributed by atoms with van der Waals surface area (Å²) in [6, 6.07) is 8.76. The second-order valence-electron chi connectivity index (χ2n) is 6.23. The average molecular weight is 378 g/mol. The molecule has 1 aliphatic rings. The van der Waals surface area contributed by atoms with Crippen LogP contribution in [0.4, 0.5) is 5.82 Å². The van der Waals surface area contributed by atoms with Crippen LogP contribution in [0.2, 0.25) is 5.02 Å². The van der Waals surface area contributed by atoms with Gasteiger partial charge in [0.2, 0.25) is 11.8 Å². The van der Waals surface area contributed by atoms with E-state index in [1.54, 1.807) is 32.2 Å². The smallest absolute Gasteiger partial charge is 0.245 e. The molecule has 26 heavy (non-hydrogen) atoms. The van der Waals surface area contributed by atoms with Gasteiger partial charge in [0.15, 0.2) is 5.82 Å². The lowest BCUT2D eigenvalue weighted by Crippen LogP contribution is -2.40. The zero-order valence-corrected chi connectivity index (χ0v) is 15.2. The minimum atomic E-state index is -0.337. The van der Waals surface area contributed by atoms with Gasteiger partial charge in [-0.25, -0.2) is 5.43 Å². The monoisotopic (exact) mass is 377 g/mol. The fourth-order valence-electron chi connectivity index (χ4n) is 2.90. The van der Waals surface area contributed by atoms with Crippen LogP contribution in [0.15, 0.2) is 34.9 Å². The number of amides is 2. The third-order valence-corrected chi connectivity index (χ3v) is 4.43. The second-order valence-corrected chi connectivity index (χ2v) is 6.66. The van der Waals surface area contributed by atoms with Gasteiger partial charge in [-0.15, -0.1) is 0 Å². The molecule has 0 radical (unpaired) electrons. The number of hydrogen-bond acceptors (Lipinski definition) is 6. The van der Waals surface area contributed by atoms with Crippen molar-refractivity contribution in [2.24, 2.45) is 5.92 Å². The molecule has 1 aliphatic heterocycles. The van der Waals surface area contributed by atoms with Crippen molar-refractivity contribution in [3.05, 3.63) is 46.7 Å². The number of aromatic nitrogens is 1. The Morgan fingerprint density at radius 2 is 2.12 bits per heavy atom. The van der Waals surface area contributed by atoms with E-state index >= 15 is 0 Å². The number of anilines is 1. The van der Waals surface area contributed by atoms with Crippen molar-refractivity contribution in [2.45, 2.75) is 13.0 Å². The van der Waals surface area contributed by atoms with Crippen molar-refractivity contribution in [3.8, 4) is 0 Å². The van der Waals surface area contributed by atoms with E-state index in [2.05, 4.69) is 21.3 Å². The lowest BCUT2D eigenvalue weighted by molar-refractivity contribution is -0.136. The number of likely N-dealkylation sites (N-methyl/N-ethyl adjacent to an activating group) is 1. The van der Waals surface area contributed by atoms with Crippen LogP contribution in [-0.2, 0) is 9.59 Å². The Morgan fingerprint density at radius 3 is 2.77 bits per heavy atom. The summed E-state index contributed by atoms with van der Waals surface area (Å²) in [7, 11) is 1.60. The van der Waals surface area contributed by atoms with Crippen LogP contribution < -0.4 is 16.2 Å². The molecule has 2 amide bonds. The van der Waals surface area contributed by atoms with Crippen molar-refractivity contribution in [1.29, 1.82) is 0 Å². The van der Waals surface area contributed by atoms with E-state index in [9.17, 15) is 9.59 Å². The van der Waals surface area contributed by atoms with E-state index in [0.717, 1.165) is 5.56 Å². The summed E-state index contributed by atoms with van der Waals surface area (Å²) in [6.45, 7) is 2.13. The molecule has 3 rings (SSSR count). The van der Waals surface area contributed by atoms with Crippen molar-refractivity contribution in [1.82, 2.24) is 20.9 Å². The first-order valence-electron chi connectivity index (χ1n) is 8.16. The first kappa shape index (κ1) is 18.4. The van der Waals surface area contributed by atoms with Crippen LogP contribution in [-0.4, -0.2) is 42.0 Å². The van der Waals surface area contributed by atoms with Gasteiger partial charge in [0.1, 0.15) is 5.76 Å². The molecule has 0 saturated carbocycles. The fourth-order valence-corrected chi connectivity index (χ4v) is 3.02. The number of carbonyl (C=O) groups excluding carboxylic acids is 2.